The lowest BCUT2D eigenvalue weighted by molar-refractivity contribution is -0.133. The van der Waals surface area contributed by atoms with Crippen LogP contribution in [0.5, 0.6) is 0 Å². The van der Waals surface area contributed by atoms with Crippen LogP contribution >= 0.6 is 0 Å². The van der Waals surface area contributed by atoms with E-state index in [1.807, 2.05) is 121 Å². The number of benzene rings is 4. The number of hydrogen-bond donors (Lipinski definition) is 0. The number of amides is 2. The molecule has 4 heteroatoms. The molecule has 4 nitrogen and oxygen atoms in total. The second kappa shape index (κ2) is 15.6. The van der Waals surface area contributed by atoms with E-state index in [1.54, 1.807) is 9.80 Å². The summed E-state index contributed by atoms with van der Waals surface area (Å²) in [6.07, 6.45) is 7.80. The van der Waals surface area contributed by atoms with Crippen LogP contribution in [0.15, 0.2) is 121 Å². The molecule has 212 valence electrons. The Morgan fingerprint density at radius 2 is 0.829 bits per heavy atom. The Kier molecular flexibility index (Phi) is 11.3. The van der Waals surface area contributed by atoms with Gasteiger partial charge in [0.1, 0.15) is 5.92 Å². The number of para-hydroxylation sites is 4. The first-order valence-electron chi connectivity index (χ1n) is 15.0. The molecule has 0 bridgehead atoms. The molecule has 0 saturated carbocycles. The number of nitrogens with zero attached hydrogens (tertiary/aromatic N) is 2. The van der Waals surface area contributed by atoms with E-state index in [1.165, 1.54) is 25.7 Å². The summed E-state index contributed by atoms with van der Waals surface area (Å²) < 4.78 is 0. The fourth-order valence-corrected chi connectivity index (χ4v) is 5.40. The van der Waals surface area contributed by atoms with Gasteiger partial charge in [0, 0.05) is 22.7 Å². The maximum Gasteiger partial charge on any atom is 0.244 e. The van der Waals surface area contributed by atoms with Gasteiger partial charge in [-0.2, -0.15) is 0 Å². The van der Waals surface area contributed by atoms with Crippen molar-refractivity contribution in [3.05, 3.63) is 121 Å². The Labute approximate surface area is 245 Å². The van der Waals surface area contributed by atoms with Gasteiger partial charge in [0.05, 0.1) is 0 Å². The van der Waals surface area contributed by atoms with Gasteiger partial charge in [-0.25, -0.2) is 0 Å². The van der Waals surface area contributed by atoms with E-state index in [2.05, 4.69) is 13.8 Å². The van der Waals surface area contributed by atoms with Crippen LogP contribution in [0.25, 0.3) is 0 Å². The predicted molar refractivity (Wildman–Crippen MR) is 171 cm³/mol. The summed E-state index contributed by atoms with van der Waals surface area (Å²) in [6.45, 7) is 4.29. The van der Waals surface area contributed by atoms with Crippen LogP contribution in [0, 0.1) is 11.8 Å². The summed E-state index contributed by atoms with van der Waals surface area (Å²) in [5, 5.41) is 0. The van der Waals surface area contributed by atoms with Gasteiger partial charge in [0.15, 0.2) is 0 Å². The Bertz CT molecular complexity index is 1150. The normalized spacial score (nSPS) is 11.7. The lowest BCUT2D eigenvalue weighted by atomic mass is 9.86. The number of unbranched alkanes of at least 4 members (excludes halogenated alkanes) is 5. The summed E-state index contributed by atoms with van der Waals surface area (Å²) in [5.74, 6) is -1.43. The molecule has 0 heterocycles. The maximum atomic E-state index is 14.7. The lowest BCUT2D eigenvalue weighted by Crippen LogP contribution is -2.45. The highest BCUT2D eigenvalue weighted by Crippen LogP contribution is 2.35. The molecule has 41 heavy (non-hydrogen) atoms. The van der Waals surface area contributed by atoms with Gasteiger partial charge in [0.2, 0.25) is 11.8 Å². The molecule has 1 unspecified atom stereocenters. The molecule has 4 rings (SSSR count). The molecule has 0 saturated heterocycles. The zero-order valence-corrected chi connectivity index (χ0v) is 24.4. The van der Waals surface area contributed by atoms with E-state index in [0.717, 1.165) is 42.0 Å². The monoisotopic (exact) mass is 546 g/mol. The van der Waals surface area contributed by atoms with E-state index in [9.17, 15) is 9.59 Å². The van der Waals surface area contributed by atoms with E-state index in [4.69, 9.17) is 0 Å². The number of carbonyl (C=O) groups is 2. The largest absolute Gasteiger partial charge is 0.280 e. The average Bonchev–Trinajstić information content (AvgIpc) is 3.01. The van der Waals surface area contributed by atoms with Crippen LogP contribution in [0.1, 0.15) is 58.8 Å². The third kappa shape index (κ3) is 7.94. The van der Waals surface area contributed by atoms with Crippen LogP contribution in [0.4, 0.5) is 22.7 Å². The molecule has 0 fully saturated rings. The number of anilines is 4. The van der Waals surface area contributed by atoms with Gasteiger partial charge < -0.3 is 0 Å². The predicted octanol–water partition coefficient (Wildman–Crippen LogP) is 9.72. The first kappa shape index (κ1) is 29.8. The molecule has 0 aromatic heterocycles. The van der Waals surface area contributed by atoms with Gasteiger partial charge in [-0.1, -0.05) is 125 Å². The first-order chi connectivity index (χ1) is 20.1. The summed E-state index contributed by atoms with van der Waals surface area (Å²) in [6, 6.07) is 38.6. The molecule has 0 aliphatic heterocycles. The Balaban J connectivity index is 1.74. The highest BCUT2D eigenvalue weighted by atomic mass is 16.2. The van der Waals surface area contributed by atoms with E-state index < -0.39 is 5.92 Å². The molecule has 2 amide bonds. The molecular weight excluding hydrogens is 504 g/mol. The van der Waals surface area contributed by atoms with Gasteiger partial charge in [-0.3, -0.25) is 19.4 Å². The minimum absolute atomic E-state index is 0.147. The topological polar surface area (TPSA) is 40.6 Å². The van der Waals surface area contributed by atoms with Crippen molar-refractivity contribution >= 4 is 34.6 Å². The summed E-state index contributed by atoms with van der Waals surface area (Å²) in [4.78, 5) is 32.9. The van der Waals surface area contributed by atoms with Crippen molar-refractivity contribution in [2.24, 2.45) is 11.8 Å². The van der Waals surface area contributed by atoms with E-state index >= 15 is 0 Å². The fraction of sp³-hybridized carbons (Fsp3) is 0.297. The van der Waals surface area contributed by atoms with Crippen molar-refractivity contribution < 1.29 is 9.59 Å². The van der Waals surface area contributed by atoms with Crippen LogP contribution < -0.4 is 9.80 Å². The van der Waals surface area contributed by atoms with Gasteiger partial charge in [-0.15, -0.1) is 0 Å². The van der Waals surface area contributed by atoms with Crippen LogP contribution in [0.3, 0.4) is 0 Å². The van der Waals surface area contributed by atoms with Crippen LogP contribution in [-0.2, 0) is 9.59 Å². The van der Waals surface area contributed by atoms with Gasteiger partial charge in [-0.05, 0) is 60.9 Å². The highest BCUT2D eigenvalue weighted by Gasteiger charge is 2.39. The third-order valence-corrected chi connectivity index (χ3v) is 7.61. The molecule has 0 N–H and O–H groups in total. The fourth-order valence-electron chi connectivity index (χ4n) is 5.40. The summed E-state index contributed by atoms with van der Waals surface area (Å²) in [7, 11) is 0. The van der Waals surface area contributed by atoms with Crippen molar-refractivity contribution in [3.8, 4) is 0 Å². The minimum Gasteiger partial charge on any atom is -0.280 e. The van der Waals surface area contributed by atoms with E-state index in [0.29, 0.717) is 0 Å². The molecule has 0 aliphatic carbocycles. The van der Waals surface area contributed by atoms with Crippen LogP contribution in [-0.4, -0.2) is 11.8 Å². The Morgan fingerprint density at radius 1 is 0.512 bits per heavy atom. The van der Waals surface area contributed by atoms with Crippen molar-refractivity contribution in [3.63, 3.8) is 0 Å². The van der Waals surface area contributed by atoms with Crippen molar-refractivity contribution in [1.82, 2.24) is 0 Å². The summed E-state index contributed by atoms with van der Waals surface area (Å²) in [5.41, 5.74) is 3.00. The first-order valence-corrected chi connectivity index (χ1v) is 15.0. The quantitative estimate of drug-likeness (QED) is 0.117. The lowest BCUT2D eigenvalue weighted by Gasteiger charge is -2.34. The molecule has 0 aliphatic rings. The summed E-state index contributed by atoms with van der Waals surface area (Å²) >= 11 is 0. The zero-order valence-electron chi connectivity index (χ0n) is 24.4. The average molecular weight is 547 g/mol. The Hall–Kier alpha value is -4.18. The molecule has 4 aromatic carbocycles. The number of carbonyl (C=O) groups excluding carboxylic acids is 2. The molecular formula is C37H42N2O2. The van der Waals surface area contributed by atoms with Crippen molar-refractivity contribution in [2.75, 3.05) is 9.80 Å². The number of hydrogen-bond acceptors (Lipinski definition) is 2. The Morgan fingerprint density at radius 3 is 1.17 bits per heavy atom. The molecule has 0 spiro atoms. The number of rotatable bonds is 14. The third-order valence-electron chi connectivity index (χ3n) is 7.61. The van der Waals surface area contributed by atoms with Gasteiger partial charge in [0.25, 0.3) is 0 Å². The molecule has 1 atom stereocenters. The standard InChI is InChI=1S/C37H42N2O2/c1-3-4-5-6-7-12-21-30(2)35(36(40)38(31-22-13-8-14-23-31)32-24-15-9-16-25-32)37(41)39(33-26-17-10-18-27-33)34-28-19-11-20-29-34/h8-11,13-20,22-30,35H,3-7,12,21H2,1-2H3. The SMILES string of the molecule is CCCCCCCCC(C)C(C(=O)N(c1ccccc1)c1ccccc1)C(=O)N(c1ccccc1)c1ccccc1. The second-order valence-corrected chi connectivity index (χ2v) is 10.7. The van der Waals surface area contributed by atoms with Crippen molar-refractivity contribution in [2.45, 2.75) is 58.8 Å². The maximum absolute atomic E-state index is 14.7. The van der Waals surface area contributed by atoms with Gasteiger partial charge >= 0.3 is 0 Å². The smallest absolute Gasteiger partial charge is 0.244 e. The zero-order chi connectivity index (χ0) is 28.9. The molecule has 4 aromatic rings. The second-order valence-electron chi connectivity index (χ2n) is 10.7. The van der Waals surface area contributed by atoms with Crippen LogP contribution in [0.2, 0.25) is 0 Å². The molecule has 0 radical (unpaired) electrons. The minimum atomic E-state index is -0.869. The van der Waals surface area contributed by atoms with E-state index in [-0.39, 0.29) is 17.7 Å². The highest BCUT2D eigenvalue weighted by molar-refractivity contribution is 6.17. The van der Waals surface area contributed by atoms with Crippen molar-refractivity contribution in [1.29, 1.82) is 0 Å².